The first kappa shape index (κ1) is 18.2. The molecule has 0 unspecified atom stereocenters. The van der Waals surface area contributed by atoms with Gasteiger partial charge in [0.2, 0.25) is 0 Å². The highest BCUT2D eigenvalue weighted by Gasteiger charge is 2.29. The van der Waals surface area contributed by atoms with Crippen LogP contribution in [0.5, 0.6) is 0 Å². The summed E-state index contributed by atoms with van der Waals surface area (Å²) in [5, 5.41) is 43.5. The van der Waals surface area contributed by atoms with Gasteiger partial charge in [-0.25, -0.2) is 9.59 Å². The first-order chi connectivity index (χ1) is 11.8. The Morgan fingerprint density at radius 2 is 1.68 bits per heavy atom. The van der Waals surface area contributed by atoms with Gasteiger partial charge in [-0.3, -0.25) is 4.68 Å². The summed E-state index contributed by atoms with van der Waals surface area (Å²) in [6.45, 7) is 0.813. The molecule has 10 heteroatoms. The number of aliphatic hydroxyl groups is 2. The molecule has 1 aliphatic heterocycles. The number of carbonyl (C=O) groups is 2. The summed E-state index contributed by atoms with van der Waals surface area (Å²) in [5.74, 6) is -2.47. The molecule has 2 aromatic rings. The molecule has 1 aliphatic rings. The highest BCUT2D eigenvalue weighted by molar-refractivity contribution is 5.83. The second-order valence-electron chi connectivity index (χ2n) is 5.23. The van der Waals surface area contributed by atoms with E-state index in [-0.39, 0.29) is 0 Å². The molecule has 0 saturated carbocycles. The number of nitrogens with zero attached hydrogens (tertiary/aromatic N) is 2. The Morgan fingerprint density at radius 1 is 1.12 bits per heavy atom. The van der Waals surface area contributed by atoms with E-state index in [9.17, 15) is 9.59 Å². The maximum atomic E-state index is 9.77. The monoisotopic (exact) mass is 350 g/mol. The van der Waals surface area contributed by atoms with Crippen molar-refractivity contribution in [3.63, 3.8) is 0 Å². The molecule has 6 N–H and O–H groups in total. The maximum Gasteiger partial charge on any atom is 0.335 e. The molecule has 1 aromatic carbocycles. The average Bonchev–Trinajstić information content (AvgIpc) is 2.82. The highest BCUT2D eigenvalue weighted by Crippen LogP contribution is 2.30. The number of carboxylic acids is 2. The van der Waals surface area contributed by atoms with Crippen molar-refractivity contribution in [2.45, 2.75) is 18.8 Å². The molecule has 0 saturated heterocycles. The lowest BCUT2D eigenvalue weighted by Crippen LogP contribution is -2.39. The van der Waals surface area contributed by atoms with Crippen LogP contribution in [0.4, 0.5) is 17.2 Å². The minimum atomic E-state index is -2.27. The van der Waals surface area contributed by atoms with Crippen molar-refractivity contribution in [1.82, 2.24) is 9.78 Å². The molecule has 2 atom stereocenters. The molecule has 0 bridgehead atoms. The van der Waals surface area contributed by atoms with Crippen LogP contribution < -0.4 is 10.6 Å². The smallest absolute Gasteiger partial charge is 0.335 e. The largest absolute Gasteiger partial charge is 0.479 e. The van der Waals surface area contributed by atoms with Gasteiger partial charge in [0.1, 0.15) is 5.82 Å². The molecule has 10 nitrogen and oxygen atoms in total. The van der Waals surface area contributed by atoms with E-state index in [0.29, 0.717) is 0 Å². The summed E-state index contributed by atoms with van der Waals surface area (Å²) >= 11 is 0. The first-order valence-corrected chi connectivity index (χ1v) is 7.23. The van der Waals surface area contributed by atoms with Gasteiger partial charge in [-0.05, 0) is 12.1 Å². The zero-order chi connectivity index (χ0) is 18.6. The van der Waals surface area contributed by atoms with E-state index < -0.39 is 24.1 Å². The van der Waals surface area contributed by atoms with E-state index in [1.165, 1.54) is 5.56 Å². The second-order valence-corrected chi connectivity index (χ2v) is 5.23. The molecule has 0 radical (unpaired) electrons. The van der Waals surface area contributed by atoms with E-state index in [2.05, 4.69) is 27.9 Å². The van der Waals surface area contributed by atoms with Crippen molar-refractivity contribution >= 4 is 29.1 Å². The topological polar surface area (TPSA) is 157 Å². The van der Waals surface area contributed by atoms with Gasteiger partial charge in [0.25, 0.3) is 0 Å². The van der Waals surface area contributed by atoms with Crippen LogP contribution in [-0.2, 0) is 23.2 Å². The molecule has 25 heavy (non-hydrogen) atoms. The Hall–Kier alpha value is -3.11. The number of hydrogen-bond donors (Lipinski definition) is 6. The Labute approximate surface area is 142 Å². The van der Waals surface area contributed by atoms with Gasteiger partial charge in [0, 0.05) is 19.2 Å². The molecule has 1 aromatic heterocycles. The molecular weight excluding hydrogens is 332 g/mol. The molecule has 0 spiro atoms. The number of anilines is 3. The molecule has 0 aliphatic carbocycles. The lowest BCUT2D eigenvalue weighted by atomic mass is 10.2. The number of aryl methyl sites for hydroxylation is 1. The van der Waals surface area contributed by atoms with Crippen molar-refractivity contribution < 1.29 is 30.0 Å². The number of carboxylic acid groups (broad SMARTS) is 2. The van der Waals surface area contributed by atoms with Gasteiger partial charge in [-0.1, -0.05) is 12.1 Å². The minimum absolute atomic E-state index is 0.813. The number of nitrogens with one attached hydrogen (secondary N) is 2. The lowest BCUT2D eigenvalue weighted by Gasteiger charge is -2.08. The van der Waals surface area contributed by atoms with Crippen LogP contribution in [0.1, 0.15) is 5.56 Å². The first-order valence-electron chi connectivity index (χ1n) is 7.23. The van der Waals surface area contributed by atoms with Crippen molar-refractivity contribution in [2.24, 2.45) is 7.05 Å². The van der Waals surface area contributed by atoms with Crippen LogP contribution in [0.25, 0.3) is 0 Å². The van der Waals surface area contributed by atoms with Crippen molar-refractivity contribution in [1.29, 1.82) is 0 Å². The van der Waals surface area contributed by atoms with Crippen LogP contribution in [0.3, 0.4) is 0 Å². The Bertz CT molecular complexity index is 757. The predicted molar refractivity (Wildman–Crippen MR) is 87.5 cm³/mol. The molecule has 0 fully saturated rings. The summed E-state index contributed by atoms with van der Waals surface area (Å²) in [6.07, 6.45) is -2.64. The molecule has 2 heterocycles. The van der Waals surface area contributed by atoms with Crippen molar-refractivity contribution in [2.75, 3.05) is 10.6 Å². The number of benzene rings is 1. The molecule has 3 rings (SSSR count). The van der Waals surface area contributed by atoms with E-state index >= 15 is 0 Å². The van der Waals surface area contributed by atoms with Gasteiger partial charge < -0.3 is 31.1 Å². The molecule has 0 amide bonds. The normalized spacial score (nSPS) is 14.2. The third kappa shape index (κ3) is 4.25. The predicted octanol–water partition coefficient (Wildman–Crippen LogP) is -0.0334. The Morgan fingerprint density at radius 3 is 2.24 bits per heavy atom. The summed E-state index contributed by atoms with van der Waals surface area (Å²) in [5.41, 5.74) is 3.42. The maximum absolute atomic E-state index is 9.77. The van der Waals surface area contributed by atoms with Crippen LogP contribution in [0.2, 0.25) is 0 Å². The van der Waals surface area contributed by atoms with Crippen LogP contribution in [-0.4, -0.2) is 54.4 Å². The number of hydrogen-bond acceptors (Lipinski definition) is 7. The average molecular weight is 350 g/mol. The number of para-hydroxylation sites is 2. The van der Waals surface area contributed by atoms with E-state index in [1.807, 2.05) is 30.1 Å². The summed E-state index contributed by atoms with van der Waals surface area (Å²) in [7, 11) is 1.94. The van der Waals surface area contributed by atoms with Gasteiger partial charge in [-0.2, -0.15) is 5.10 Å². The van der Waals surface area contributed by atoms with E-state index in [4.69, 9.17) is 20.4 Å². The third-order valence-electron chi connectivity index (χ3n) is 3.47. The highest BCUT2D eigenvalue weighted by atomic mass is 16.4. The number of aliphatic carboxylic acids is 2. The number of rotatable bonds is 3. The third-order valence-corrected chi connectivity index (χ3v) is 3.47. The Balaban J connectivity index is 0.000000199. The quantitative estimate of drug-likeness (QED) is 0.447. The summed E-state index contributed by atoms with van der Waals surface area (Å²) in [6, 6.07) is 8.18. The van der Waals surface area contributed by atoms with Crippen LogP contribution >= 0.6 is 0 Å². The fraction of sp³-hybridized carbons (Fsp3) is 0.267. The summed E-state index contributed by atoms with van der Waals surface area (Å²) in [4.78, 5) is 19.5. The SMILES string of the molecule is Cn1ncc2c1Nc1ccccc1NC2.O=C(O)[C@H](O)[C@@H](O)C(=O)O. The fourth-order valence-electron chi connectivity index (χ4n) is 2.11. The molecule has 134 valence electrons. The van der Waals surface area contributed by atoms with Crippen molar-refractivity contribution in [3.8, 4) is 0 Å². The van der Waals surface area contributed by atoms with Crippen molar-refractivity contribution in [3.05, 3.63) is 36.0 Å². The zero-order valence-corrected chi connectivity index (χ0v) is 13.2. The minimum Gasteiger partial charge on any atom is -0.479 e. The van der Waals surface area contributed by atoms with Gasteiger partial charge in [0.15, 0.2) is 12.2 Å². The second kappa shape index (κ2) is 7.64. The molecular formula is C15H18N4O6. The number of aromatic nitrogens is 2. The van der Waals surface area contributed by atoms with Gasteiger partial charge in [-0.15, -0.1) is 0 Å². The standard InChI is InChI=1S/C11H12N4.C4H6O6/c1-15-11-8(7-13-15)6-12-9-4-2-3-5-10(9)14-11;5-1(3(7)8)2(6)4(9)10/h2-5,7,12,14H,6H2,1H3;1-2,5-6H,(H,7,8)(H,9,10)/t;1-,2-/m.1/s1. The van der Waals surface area contributed by atoms with Crippen LogP contribution in [0, 0.1) is 0 Å². The number of fused-ring (bicyclic) bond motifs is 2. The number of aliphatic hydroxyl groups excluding tert-OH is 2. The van der Waals surface area contributed by atoms with Gasteiger partial charge in [0.05, 0.1) is 17.6 Å². The van der Waals surface area contributed by atoms with E-state index in [0.717, 1.165) is 23.7 Å². The van der Waals surface area contributed by atoms with Gasteiger partial charge >= 0.3 is 11.9 Å². The van der Waals surface area contributed by atoms with E-state index in [1.54, 1.807) is 0 Å². The summed E-state index contributed by atoms with van der Waals surface area (Å²) < 4.78 is 1.86. The fourth-order valence-corrected chi connectivity index (χ4v) is 2.11. The lowest BCUT2D eigenvalue weighted by molar-refractivity contribution is -0.165. The zero-order valence-electron chi connectivity index (χ0n) is 13.2. The van der Waals surface area contributed by atoms with Crippen LogP contribution in [0.15, 0.2) is 30.5 Å². The Kier molecular flexibility index (Phi) is 5.57.